The number of esters is 1. The van der Waals surface area contributed by atoms with Crippen molar-refractivity contribution < 1.29 is 28.7 Å². The smallest absolute Gasteiger partial charge is 0.461 e. The summed E-state index contributed by atoms with van der Waals surface area (Å²) in [6.07, 6.45) is 3.71. The standard InChI is InChI=1S/C24H29NO7/c1-2-3-4-8-11-21(16-17-23(26)30-18-19-9-6-5-7-10-19)31-24(27)32-22-14-12-20(13-15-22)25(28)29/h5-7,9-10,12-15,21H,2-4,8,11,16-18H2,1H3. The summed E-state index contributed by atoms with van der Waals surface area (Å²) >= 11 is 0. The zero-order chi connectivity index (χ0) is 23.2. The maximum atomic E-state index is 12.2. The van der Waals surface area contributed by atoms with Crippen molar-refractivity contribution in [2.75, 3.05) is 0 Å². The van der Waals surface area contributed by atoms with Gasteiger partial charge in [-0.05, 0) is 37.0 Å². The Labute approximate surface area is 187 Å². The Balaban J connectivity index is 1.83. The van der Waals surface area contributed by atoms with Crippen molar-refractivity contribution in [3.8, 4) is 5.75 Å². The van der Waals surface area contributed by atoms with E-state index in [2.05, 4.69) is 6.92 Å². The Morgan fingerprint density at radius 1 is 0.969 bits per heavy atom. The second-order valence-electron chi connectivity index (χ2n) is 7.38. The Hall–Kier alpha value is -3.42. The molecular formula is C24H29NO7. The Bertz CT molecular complexity index is 852. The molecule has 0 heterocycles. The summed E-state index contributed by atoms with van der Waals surface area (Å²) in [5.41, 5.74) is 0.799. The van der Waals surface area contributed by atoms with Crippen molar-refractivity contribution in [2.24, 2.45) is 0 Å². The minimum Gasteiger partial charge on any atom is -0.461 e. The molecule has 0 bridgehead atoms. The number of nitrogens with zero attached hydrogens (tertiary/aromatic N) is 1. The molecular weight excluding hydrogens is 414 g/mol. The third-order valence-electron chi connectivity index (χ3n) is 4.80. The average molecular weight is 443 g/mol. The van der Waals surface area contributed by atoms with Crippen molar-refractivity contribution in [1.29, 1.82) is 0 Å². The van der Waals surface area contributed by atoms with E-state index < -0.39 is 17.2 Å². The van der Waals surface area contributed by atoms with Gasteiger partial charge in [-0.25, -0.2) is 4.79 Å². The van der Waals surface area contributed by atoms with E-state index in [0.29, 0.717) is 12.8 Å². The van der Waals surface area contributed by atoms with Crippen molar-refractivity contribution in [1.82, 2.24) is 0 Å². The molecule has 172 valence electrons. The largest absolute Gasteiger partial charge is 0.514 e. The number of hydrogen-bond donors (Lipinski definition) is 0. The lowest BCUT2D eigenvalue weighted by molar-refractivity contribution is -0.384. The summed E-state index contributed by atoms with van der Waals surface area (Å²) in [6, 6.07) is 14.5. The quantitative estimate of drug-likeness (QED) is 0.123. The fraction of sp³-hybridized carbons (Fsp3) is 0.417. The molecule has 0 amide bonds. The van der Waals surface area contributed by atoms with Gasteiger partial charge in [0.2, 0.25) is 0 Å². The third kappa shape index (κ3) is 9.59. The zero-order valence-electron chi connectivity index (χ0n) is 18.2. The van der Waals surface area contributed by atoms with Crippen LogP contribution in [0.15, 0.2) is 54.6 Å². The highest BCUT2D eigenvalue weighted by Gasteiger charge is 2.19. The predicted octanol–water partition coefficient (Wildman–Crippen LogP) is 5.97. The Kier molecular flexibility index (Phi) is 10.7. The third-order valence-corrected chi connectivity index (χ3v) is 4.80. The molecule has 0 saturated carbocycles. The number of benzene rings is 2. The molecule has 0 N–H and O–H groups in total. The van der Waals surface area contributed by atoms with Crippen LogP contribution in [-0.4, -0.2) is 23.2 Å². The van der Waals surface area contributed by atoms with Crippen molar-refractivity contribution in [3.63, 3.8) is 0 Å². The number of unbranched alkanes of at least 4 members (excludes halogenated alkanes) is 3. The first kappa shape index (κ1) is 24.8. The second-order valence-corrected chi connectivity index (χ2v) is 7.38. The molecule has 1 unspecified atom stereocenters. The molecule has 0 fully saturated rings. The maximum Gasteiger partial charge on any atom is 0.514 e. The van der Waals surface area contributed by atoms with Crippen molar-refractivity contribution >= 4 is 17.8 Å². The number of nitro benzene ring substituents is 1. The van der Waals surface area contributed by atoms with Gasteiger partial charge in [-0.2, -0.15) is 0 Å². The van der Waals surface area contributed by atoms with Crippen LogP contribution in [0.25, 0.3) is 0 Å². The molecule has 2 rings (SSSR count). The highest BCUT2D eigenvalue weighted by Crippen LogP contribution is 2.19. The first-order valence-corrected chi connectivity index (χ1v) is 10.8. The summed E-state index contributed by atoms with van der Waals surface area (Å²) in [7, 11) is 0. The highest BCUT2D eigenvalue weighted by molar-refractivity contribution is 5.69. The van der Waals surface area contributed by atoms with Gasteiger partial charge in [0.05, 0.1) is 4.92 Å². The van der Waals surface area contributed by atoms with Gasteiger partial charge < -0.3 is 14.2 Å². The van der Waals surface area contributed by atoms with Crippen LogP contribution in [0.5, 0.6) is 5.75 Å². The summed E-state index contributed by atoms with van der Waals surface area (Å²) in [6.45, 7) is 2.31. The summed E-state index contributed by atoms with van der Waals surface area (Å²) in [4.78, 5) is 34.5. The number of hydrogen-bond acceptors (Lipinski definition) is 7. The summed E-state index contributed by atoms with van der Waals surface area (Å²) in [5.74, 6) is -0.215. The molecule has 0 aliphatic heterocycles. The molecule has 0 aliphatic rings. The number of carbonyl (C=O) groups is 2. The molecule has 0 saturated heterocycles. The fourth-order valence-corrected chi connectivity index (χ4v) is 3.04. The second kappa shape index (κ2) is 13.8. The lowest BCUT2D eigenvalue weighted by Crippen LogP contribution is -2.22. The first-order valence-electron chi connectivity index (χ1n) is 10.8. The molecule has 0 aliphatic carbocycles. The number of ether oxygens (including phenoxy) is 3. The van der Waals surface area contributed by atoms with Crippen LogP contribution in [0.4, 0.5) is 10.5 Å². The van der Waals surface area contributed by atoms with Crippen LogP contribution in [0, 0.1) is 10.1 Å². The van der Waals surface area contributed by atoms with Gasteiger partial charge in [-0.3, -0.25) is 14.9 Å². The van der Waals surface area contributed by atoms with Gasteiger partial charge in [0.15, 0.2) is 0 Å². The lowest BCUT2D eigenvalue weighted by Gasteiger charge is -2.17. The molecule has 0 radical (unpaired) electrons. The number of nitro groups is 1. The maximum absolute atomic E-state index is 12.2. The van der Waals surface area contributed by atoms with E-state index in [0.717, 1.165) is 31.2 Å². The van der Waals surface area contributed by atoms with E-state index in [-0.39, 0.29) is 30.4 Å². The summed E-state index contributed by atoms with van der Waals surface area (Å²) < 4.78 is 15.8. The SMILES string of the molecule is CCCCCCC(CCC(=O)OCc1ccccc1)OC(=O)Oc1ccc([N+](=O)[O-])cc1. The fourth-order valence-electron chi connectivity index (χ4n) is 3.04. The lowest BCUT2D eigenvalue weighted by atomic mass is 10.1. The van der Waals surface area contributed by atoms with Gasteiger partial charge in [0.1, 0.15) is 18.5 Å². The van der Waals surface area contributed by atoms with Crippen LogP contribution in [0.2, 0.25) is 0 Å². The van der Waals surface area contributed by atoms with E-state index in [1.165, 1.54) is 24.3 Å². The molecule has 8 nitrogen and oxygen atoms in total. The van der Waals surface area contributed by atoms with Crippen LogP contribution >= 0.6 is 0 Å². The van der Waals surface area contributed by atoms with Crippen LogP contribution in [0.3, 0.4) is 0 Å². The molecule has 0 aromatic heterocycles. The van der Waals surface area contributed by atoms with Crippen LogP contribution < -0.4 is 4.74 Å². The molecule has 0 spiro atoms. The Morgan fingerprint density at radius 3 is 2.34 bits per heavy atom. The van der Waals surface area contributed by atoms with Gasteiger partial charge in [0.25, 0.3) is 5.69 Å². The average Bonchev–Trinajstić information content (AvgIpc) is 2.79. The highest BCUT2D eigenvalue weighted by atomic mass is 16.7. The number of non-ortho nitro benzene ring substituents is 1. The molecule has 1 atom stereocenters. The van der Waals surface area contributed by atoms with Gasteiger partial charge >= 0.3 is 12.1 Å². The van der Waals surface area contributed by atoms with Crippen LogP contribution in [-0.2, 0) is 20.9 Å². The van der Waals surface area contributed by atoms with Gasteiger partial charge in [0, 0.05) is 18.6 Å². The molecule has 32 heavy (non-hydrogen) atoms. The van der Waals surface area contributed by atoms with E-state index in [1.54, 1.807) is 0 Å². The Morgan fingerprint density at radius 2 is 1.69 bits per heavy atom. The molecule has 2 aromatic carbocycles. The van der Waals surface area contributed by atoms with E-state index in [4.69, 9.17) is 14.2 Å². The van der Waals surface area contributed by atoms with E-state index in [1.807, 2.05) is 30.3 Å². The molecule has 2 aromatic rings. The van der Waals surface area contributed by atoms with E-state index >= 15 is 0 Å². The normalized spacial score (nSPS) is 11.4. The van der Waals surface area contributed by atoms with E-state index in [9.17, 15) is 19.7 Å². The number of rotatable bonds is 13. The first-order chi connectivity index (χ1) is 15.5. The van der Waals surface area contributed by atoms with Crippen molar-refractivity contribution in [2.45, 2.75) is 64.6 Å². The minimum atomic E-state index is -0.906. The topological polar surface area (TPSA) is 105 Å². The van der Waals surface area contributed by atoms with Gasteiger partial charge in [-0.15, -0.1) is 0 Å². The van der Waals surface area contributed by atoms with Crippen molar-refractivity contribution in [3.05, 3.63) is 70.3 Å². The summed E-state index contributed by atoms with van der Waals surface area (Å²) in [5, 5.41) is 10.7. The van der Waals surface area contributed by atoms with Crippen LogP contribution in [0.1, 0.15) is 57.4 Å². The monoisotopic (exact) mass is 443 g/mol. The zero-order valence-corrected chi connectivity index (χ0v) is 18.2. The molecule has 8 heteroatoms. The predicted molar refractivity (Wildman–Crippen MR) is 118 cm³/mol. The van der Waals surface area contributed by atoms with Gasteiger partial charge in [-0.1, -0.05) is 56.5 Å². The minimum absolute atomic E-state index is 0.103. The number of carbonyl (C=O) groups excluding carboxylic acids is 2.